The highest BCUT2D eigenvalue weighted by Crippen LogP contribution is 2.50. The van der Waals surface area contributed by atoms with Crippen molar-refractivity contribution in [2.75, 3.05) is 11.9 Å². The summed E-state index contributed by atoms with van der Waals surface area (Å²) in [6.45, 7) is 12.9. The number of aryl methyl sites for hydroxylation is 2. The lowest BCUT2D eigenvalue weighted by Gasteiger charge is -2.49. The van der Waals surface area contributed by atoms with Crippen LogP contribution in [0.5, 0.6) is 0 Å². The molecule has 300 valence electrons. The van der Waals surface area contributed by atoms with E-state index in [9.17, 15) is 25.7 Å². The van der Waals surface area contributed by atoms with Gasteiger partial charge in [0.15, 0.2) is 11.3 Å². The van der Waals surface area contributed by atoms with Crippen LogP contribution in [0.15, 0.2) is 46.8 Å². The molecule has 56 heavy (non-hydrogen) atoms. The van der Waals surface area contributed by atoms with E-state index in [0.29, 0.717) is 17.9 Å². The number of ether oxygens (including phenoxy) is 1. The van der Waals surface area contributed by atoms with Crippen LogP contribution in [0.1, 0.15) is 172 Å². The van der Waals surface area contributed by atoms with Gasteiger partial charge < -0.3 is 14.7 Å². The van der Waals surface area contributed by atoms with Crippen LogP contribution in [-0.4, -0.2) is 29.3 Å². The molecule has 0 radical (unpaired) electrons. The second-order valence-corrected chi connectivity index (χ2v) is 17.7. The SMILES string of the molecule is CCCCCCc1cc(-c2cc3c(cc2CCC(=O)O)N(C)C(C)(CCCCCC)CC3CCCCCC)sc1/C=C/C1=C(C#N)C(=C(C#N)C#N)OC1(C)C. The summed E-state index contributed by atoms with van der Waals surface area (Å²) in [7, 11) is 2.25. The van der Waals surface area contributed by atoms with Crippen molar-refractivity contribution in [3.8, 4) is 28.6 Å². The van der Waals surface area contributed by atoms with E-state index < -0.39 is 11.6 Å². The summed E-state index contributed by atoms with van der Waals surface area (Å²) in [5, 5.41) is 39.2. The topological polar surface area (TPSA) is 121 Å². The number of anilines is 1. The zero-order valence-electron chi connectivity index (χ0n) is 35.2. The highest BCUT2D eigenvalue weighted by Gasteiger charge is 2.40. The van der Waals surface area contributed by atoms with Crippen molar-refractivity contribution in [3.05, 3.63) is 68.3 Å². The van der Waals surface area contributed by atoms with E-state index in [0.717, 1.165) is 65.8 Å². The normalized spacial score (nSPS) is 18.8. The van der Waals surface area contributed by atoms with Gasteiger partial charge in [-0.25, -0.2) is 0 Å². The average molecular weight is 777 g/mol. The smallest absolute Gasteiger partial charge is 0.303 e. The molecule has 0 aliphatic carbocycles. The van der Waals surface area contributed by atoms with E-state index in [2.05, 4.69) is 70.0 Å². The van der Waals surface area contributed by atoms with Crippen LogP contribution in [0.3, 0.4) is 0 Å². The van der Waals surface area contributed by atoms with Crippen molar-refractivity contribution in [3.63, 3.8) is 0 Å². The summed E-state index contributed by atoms with van der Waals surface area (Å²) in [6.07, 6.45) is 23.2. The highest BCUT2D eigenvalue weighted by atomic mass is 32.1. The fraction of sp³-hybridized carbons (Fsp3) is 0.583. The molecule has 8 heteroatoms. The van der Waals surface area contributed by atoms with Crippen molar-refractivity contribution in [2.24, 2.45) is 0 Å². The first kappa shape index (κ1) is 44.4. The molecule has 4 rings (SSSR count). The number of nitriles is 3. The molecule has 2 aromatic rings. The average Bonchev–Trinajstić information content (AvgIpc) is 3.70. The van der Waals surface area contributed by atoms with Crippen molar-refractivity contribution >= 4 is 29.1 Å². The van der Waals surface area contributed by atoms with E-state index in [1.807, 2.05) is 32.1 Å². The fourth-order valence-corrected chi connectivity index (χ4v) is 9.75. The van der Waals surface area contributed by atoms with Crippen LogP contribution < -0.4 is 4.90 Å². The number of unbranched alkanes of at least 4 members (excludes halogenated alkanes) is 9. The van der Waals surface area contributed by atoms with Crippen LogP contribution in [-0.2, 0) is 22.4 Å². The molecular weight excluding hydrogens is 713 g/mol. The lowest BCUT2D eigenvalue weighted by Crippen LogP contribution is -2.48. The van der Waals surface area contributed by atoms with E-state index in [1.54, 1.807) is 11.3 Å². The Hall–Kier alpha value is -4.32. The Morgan fingerprint density at radius 2 is 1.55 bits per heavy atom. The molecule has 7 nitrogen and oxygen atoms in total. The predicted octanol–water partition coefficient (Wildman–Crippen LogP) is 13.1. The molecule has 0 amide bonds. The van der Waals surface area contributed by atoms with Crippen molar-refractivity contribution in [2.45, 2.75) is 174 Å². The molecule has 2 aliphatic heterocycles. The van der Waals surface area contributed by atoms with Crippen molar-refractivity contribution in [1.29, 1.82) is 15.8 Å². The number of allylic oxidation sites excluding steroid dienone is 2. The van der Waals surface area contributed by atoms with Gasteiger partial charge in [0, 0.05) is 40.0 Å². The molecule has 1 aromatic heterocycles. The number of hydrogen-bond acceptors (Lipinski definition) is 7. The summed E-state index contributed by atoms with van der Waals surface area (Å²) in [5.41, 5.74) is 5.85. The minimum absolute atomic E-state index is 0.0391. The molecule has 1 N–H and O–H groups in total. The highest BCUT2D eigenvalue weighted by molar-refractivity contribution is 7.16. The summed E-state index contributed by atoms with van der Waals surface area (Å²) in [6, 6.07) is 13.0. The van der Waals surface area contributed by atoms with E-state index in [1.165, 1.54) is 74.6 Å². The number of nitrogens with zero attached hydrogens (tertiary/aromatic N) is 4. The third kappa shape index (κ3) is 10.7. The van der Waals surface area contributed by atoms with Crippen LogP contribution in [0.4, 0.5) is 5.69 Å². The molecule has 2 atom stereocenters. The second kappa shape index (κ2) is 20.7. The third-order valence-electron chi connectivity index (χ3n) is 12.0. The monoisotopic (exact) mass is 776 g/mol. The van der Waals surface area contributed by atoms with Gasteiger partial charge in [-0.1, -0.05) is 97.5 Å². The molecule has 0 saturated carbocycles. The number of carbonyl (C=O) groups is 1. The Balaban J connectivity index is 1.87. The molecule has 1 aromatic carbocycles. The maximum Gasteiger partial charge on any atom is 0.303 e. The number of thiophene rings is 1. The lowest BCUT2D eigenvalue weighted by atomic mass is 9.73. The number of hydrogen-bond donors (Lipinski definition) is 1. The standard InChI is InChI=1S/C48H64N4O3S/c1-8-11-14-17-20-35-28-44(56-43(35)24-23-41-40(33-51)46(37(31-49)32-50)55-47(41,4)5)39-29-38-36(21-18-15-12-9-2)30-48(6,26-19-16-13-10-3)52(7)42(38)27-34(39)22-25-45(53)54/h23-24,27-29,36H,8-22,25-26,30H2,1-7H3,(H,53,54)/b24-23+. The van der Waals surface area contributed by atoms with Crippen molar-refractivity contribution < 1.29 is 14.6 Å². The van der Waals surface area contributed by atoms with E-state index >= 15 is 0 Å². The van der Waals surface area contributed by atoms with Crippen LogP contribution in [0.25, 0.3) is 16.5 Å². The Morgan fingerprint density at radius 1 is 0.893 bits per heavy atom. The van der Waals surface area contributed by atoms with Gasteiger partial charge in [-0.2, -0.15) is 15.8 Å². The van der Waals surface area contributed by atoms with Crippen LogP contribution in [0.2, 0.25) is 0 Å². The molecule has 3 heterocycles. The summed E-state index contributed by atoms with van der Waals surface area (Å²) in [4.78, 5) is 16.8. The zero-order chi connectivity index (χ0) is 40.9. The first-order valence-electron chi connectivity index (χ1n) is 21.2. The maximum absolute atomic E-state index is 12.0. The summed E-state index contributed by atoms with van der Waals surface area (Å²) < 4.78 is 6.05. The second-order valence-electron chi connectivity index (χ2n) is 16.7. The molecule has 2 aliphatic rings. The van der Waals surface area contributed by atoms with Gasteiger partial charge in [0.1, 0.15) is 29.4 Å². The zero-order valence-corrected chi connectivity index (χ0v) is 36.0. The van der Waals surface area contributed by atoms with Gasteiger partial charge in [-0.05, 0) is 112 Å². The summed E-state index contributed by atoms with van der Waals surface area (Å²) >= 11 is 1.72. The fourth-order valence-electron chi connectivity index (χ4n) is 8.58. The number of aliphatic carboxylic acids is 1. The first-order valence-corrected chi connectivity index (χ1v) is 22.0. The Bertz CT molecular complexity index is 1900. The van der Waals surface area contributed by atoms with Crippen LogP contribution in [0, 0.1) is 34.0 Å². The number of carboxylic acid groups (broad SMARTS) is 1. The van der Waals surface area contributed by atoms with E-state index in [4.69, 9.17) is 4.74 Å². The van der Waals surface area contributed by atoms with Gasteiger partial charge in [-0.3, -0.25) is 4.79 Å². The van der Waals surface area contributed by atoms with Crippen molar-refractivity contribution in [1.82, 2.24) is 0 Å². The third-order valence-corrected chi connectivity index (χ3v) is 13.2. The molecule has 0 saturated heterocycles. The first-order chi connectivity index (χ1) is 26.9. The Labute approximate surface area is 341 Å². The predicted molar refractivity (Wildman–Crippen MR) is 230 cm³/mol. The maximum atomic E-state index is 12.0. The molecular formula is C48H64N4O3S. The van der Waals surface area contributed by atoms with Gasteiger partial charge in [0.25, 0.3) is 0 Å². The van der Waals surface area contributed by atoms with Gasteiger partial charge in [0.05, 0.1) is 0 Å². The molecule has 2 unspecified atom stereocenters. The summed E-state index contributed by atoms with van der Waals surface area (Å²) in [5.74, 6) is -0.322. The van der Waals surface area contributed by atoms with Gasteiger partial charge in [-0.15, -0.1) is 11.3 Å². The number of rotatable bonds is 21. The Kier molecular flexibility index (Phi) is 16.4. The number of fused-ring (bicyclic) bond motifs is 1. The van der Waals surface area contributed by atoms with Gasteiger partial charge in [0.2, 0.25) is 0 Å². The Morgan fingerprint density at radius 3 is 2.18 bits per heavy atom. The molecule has 0 bridgehead atoms. The van der Waals surface area contributed by atoms with Crippen LogP contribution >= 0.6 is 11.3 Å². The minimum atomic E-state index is -0.900. The molecule has 0 spiro atoms. The lowest BCUT2D eigenvalue weighted by molar-refractivity contribution is -0.136. The minimum Gasteiger partial charge on any atom is -0.481 e. The molecule has 0 fully saturated rings. The van der Waals surface area contributed by atoms with Gasteiger partial charge >= 0.3 is 5.97 Å². The van der Waals surface area contributed by atoms with E-state index in [-0.39, 0.29) is 28.9 Å². The number of benzene rings is 1. The number of carboxylic acids is 1. The largest absolute Gasteiger partial charge is 0.481 e. The quantitative estimate of drug-likeness (QED) is 0.0989.